The first-order valence-corrected chi connectivity index (χ1v) is 7.85. The second-order valence-corrected chi connectivity index (χ2v) is 5.98. The smallest absolute Gasteiger partial charge is 0.252 e. The van der Waals surface area contributed by atoms with Gasteiger partial charge in [-0.1, -0.05) is 13.0 Å². The van der Waals surface area contributed by atoms with Crippen LogP contribution in [0.5, 0.6) is 0 Å². The SMILES string of the molecule is CCN1CCC(CNC(=O)c2cccc(F)c2Br)CC1. The van der Waals surface area contributed by atoms with Crippen LogP contribution in [0.4, 0.5) is 4.39 Å². The minimum Gasteiger partial charge on any atom is -0.352 e. The van der Waals surface area contributed by atoms with Crippen LogP contribution in [0.15, 0.2) is 22.7 Å². The van der Waals surface area contributed by atoms with E-state index in [2.05, 4.69) is 33.1 Å². The number of benzene rings is 1. The molecule has 110 valence electrons. The van der Waals surface area contributed by atoms with Crippen LogP contribution in [-0.2, 0) is 0 Å². The van der Waals surface area contributed by atoms with Crippen LogP contribution >= 0.6 is 15.9 Å². The van der Waals surface area contributed by atoms with Crippen molar-refractivity contribution in [2.75, 3.05) is 26.2 Å². The van der Waals surface area contributed by atoms with E-state index in [9.17, 15) is 9.18 Å². The van der Waals surface area contributed by atoms with Gasteiger partial charge in [-0.3, -0.25) is 4.79 Å². The van der Waals surface area contributed by atoms with Gasteiger partial charge < -0.3 is 10.2 Å². The molecule has 1 N–H and O–H groups in total. The quantitative estimate of drug-likeness (QED) is 0.911. The molecule has 20 heavy (non-hydrogen) atoms. The predicted molar refractivity (Wildman–Crippen MR) is 81.3 cm³/mol. The highest BCUT2D eigenvalue weighted by Crippen LogP contribution is 2.21. The van der Waals surface area contributed by atoms with Gasteiger partial charge in [0.2, 0.25) is 0 Å². The summed E-state index contributed by atoms with van der Waals surface area (Å²) in [6.45, 7) is 6.12. The minimum atomic E-state index is -0.408. The van der Waals surface area contributed by atoms with Crippen LogP contribution in [0.2, 0.25) is 0 Å². The molecule has 2 rings (SSSR count). The maximum absolute atomic E-state index is 13.4. The fourth-order valence-electron chi connectivity index (χ4n) is 2.52. The van der Waals surface area contributed by atoms with Gasteiger partial charge in [-0.15, -0.1) is 0 Å². The van der Waals surface area contributed by atoms with E-state index < -0.39 is 5.82 Å². The highest BCUT2D eigenvalue weighted by atomic mass is 79.9. The van der Waals surface area contributed by atoms with Crippen LogP contribution in [-0.4, -0.2) is 37.0 Å². The van der Waals surface area contributed by atoms with Gasteiger partial charge >= 0.3 is 0 Å². The Balaban J connectivity index is 1.85. The van der Waals surface area contributed by atoms with Crippen molar-refractivity contribution >= 4 is 21.8 Å². The molecule has 1 aliphatic heterocycles. The number of hydrogen-bond acceptors (Lipinski definition) is 2. The zero-order chi connectivity index (χ0) is 14.5. The van der Waals surface area contributed by atoms with E-state index in [-0.39, 0.29) is 10.4 Å². The molecule has 1 aromatic rings. The molecule has 1 aromatic carbocycles. The predicted octanol–water partition coefficient (Wildman–Crippen LogP) is 3.05. The van der Waals surface area contributed by atoms with Gasteiger partial charge in [0.25, 0.3) is 5.91 Å². The Hall–Kier alpha value is -0.940. The summed E-state index contributed by atoms with van der Waals surface area (Å²) in [5.74, 6) is -0.0997. The summed E-state index contributed by atoms with van der Waals surface area (Å²) in [7, 11) is 0. The molecule has 0 saturated carbocycles. The molecule has 0 spiro atoms. The van der Waals surface area contributed by atoms with Crippen molar-refractivity contribution in [1.82, 2.24) is 10.2 Å². The molecule has 0 radical (unpaired) electrons. The van der Waals surface area contributed by atoms with Gasteiger partial charge in [0, 0.05) is 6.54 Å². The Morgan fingerprint density at radius 1 is 1.45 bits per heavy atom. The standard InChI is InChI=1S/C15H20BrFN2O/c1-2-19-8-6-11(7-9-19)10-18-15(20)12-4-3-5-13(17)14(12)16/h3-5,11H,2,6-10H2,1H3,(H,18,20). The molecular weight excluding hydrogens is 323 g/mol. The summed E-state index contributed by atoms with van der Waals surface area (Å²) in [5, 5.41) is 2.92. The van der Waals surface area contributed by atoms with Crippen molar-refractivity contribution in [1.29, 1.82) is 0 Å². The first-order valence-electron chi connectivity index (χ1n) is 7.06. The number of carbonyl (C=O) groups excluding carboxylic acids is 1. The number of nitrogens with zero attached hydrogens (tertiary/aromatic N) is 1. The molecule has 3 nitrogen and oxygen atoms in total. The average Bonchev–Trinajstić information content (AvgIpc) is 2.48. The van der Waals surface area contributed by atoms with Gasteiger partial charge in [-0.05, 0) is 66.5 Å². The van der Waals surface area contributed by atoms with Crippen molar-refractivity contribution in [2.45, 2.75) is 19.8 Å². The largest absolute Gasteiger partial charge is 0.352 e. The number of rotatable bonds is 4. The Kier molecular flexibility index (Phi) is 5.54. The molecule has 1 heterocycles. The highest BCUT2D eigenvalue weighted by Gasteiger charge is 2.19. The number of carbonyl (C=O) groups is 1. The summed E-state index contributed by atoms with van der Waals surface area (Å²) in [4.78, 5) is 14.5. The molecule has 0 unspecified atom stereocenters. The summed E-state index contributed by atoms with van der Waals surface area (Å²) < 4.78 is 13.6. The first kappa shape index (κ1) is 15.4. The summed E-state index contributed by atoms with van der Waals surface area (Å²) >= 11 is 3.12. The van der Waals surface area contributed by atoms with Crippen molar-refractivity contribution in [3.63, 3.8) is 0 Å². The fourth-order valence-corrected chi connectivity index (χ4v) is 2.96. The molecule has 0 atom stereocenters. The van der Waals surface area contributed by atoms with Crippen molar-refractivity contribution in [2.24, 2.45) is 5.92 Å². The van der Waals surface area contributed by atoms with Crippen molar-refractivity contribution < 1.29 is 9.18 Å². The van der Waals surface area contributed by atoms with E-state index in [1.165, 1.54) is 6.07 Å². The third-order valence-corrected chi connectivity index (χ3v) is 4.71. The van der Waals surface area contributed by atoms with Gasteiger partial charge in [-0.25, -0.2) is 4.39 Å². The molecule has 1 saturated heterocycles. The fraction of sp³-hybridized carbons (Fsp3) is 0.533. The zero-order valence-corrected chi connectivity index (χ0v) is 13.2. The van der Waals surface area contributed by atoms with Crippen LogP contribution in [0.25, 0.3) is 0 Å². The van der Waals surface area contributed by atoms with Crippen LogP contribution < -0.4 is 5.32 Å². The lowest BCUT2D eigenvalue weighted by Crippen LogP contribution is -2.38. The molecule has 5 heteroatoms. The topological polar surface area (TPSA) is 32.3 Å². The molecule has 0 bridgehead atoms. The summed E-state index contributed by atoms with van der Waals surface area (Å²) in [5.41, 5.74) is 0.357. The lowest BCUT2D eigenvalue weighted by molar-refractivity contribution is 0.0935. The van der Waals surface area contributed by atoms with E-state index in [4.69, 9.17) is 0 Å². The van der Waals surface area contributed by atoms with Gasteiger partial charge in [-0.2, -0.15) is 0 Å². The Bertz CT molecular complexity index is 473. The zero-order valence-electron chi connectivity index (χ0n) is 11.7. The first-order chi connectivity index (χ1) is 9.61. The van der Waals surface area contributed by atoms with Crippen LogP contribution in [0.3, 0.4) is 0 Å². The molecular formula is C15H20BrFN2O. The van der Waals surface area contributed by atoms with Crippen molar-refractivity contribution in [3.8, 4) is 0 Å². The van der Waals surface area contributed by atoms with E-state index >= 15 is 0 Å². The normalized spacial score (nSPS) is 17.1. The number of hydrogen-bond donors (Lipinski definition) is 1. The number of piperidine rings is 1. The van der Waals surface area contributed by atoms with E-state index in [1.54, 1.807) is 12.1 Å². The van der Waals surface area contributed by atoms with Gasteiger partial charge in [0.1, 0.15) is 5.82 Å². The highest BCUT2D eigenvalue weighted by molar-refractivity contribution is 9.10. The Morgan fingerprint density at radius 3 is 2.80 bits per heavy atom. The molecule has 1 amide bonds. The summed E-state index contributed by atoms with van der Waals surface area (Å²) in [6.07, 6.45) is 2.22. The van der Waals surface area contributed by atoms with Crippen LogP contribution in [0.1, 0.15) is 30.1 Å². The second-order valence-electron chi connectivity index (χ2n) is 5.19. The summed E-state index contributed by atoms with van der Waals surface area (Å²) in [6, 6.07) is 4.51. The van der Waals surface area contributed by atoms with Gasteiger partial charge in [0.15, 0.2) is 0 Å². The number of amides is 1. The third-order valence-electron chi connectivity index (χ3n) is 3.90. The Morgan fingerprint density at radius 2 is 2.15 bits per heavy atom. The lowest BCUT2D eigenvalue weighted by atomic mass is 9.97. The second kappa shape index (κ2) is 7.18. The van der Waals surface area contributed by atoms with E-state index in [1.807, 2.05) is 0 Å². The Labute approximate surface area is 127 Å². The number of halogens is 2. The molecule has 1 aliphatic rings. The molecule has 0 aliphatic carbocycles. The minimum absolute atomic E-state index is 0.214. The molecule has 0 aromatic heterocycles. The van der Waals surface area contributed by atoms with Crippen molar-refractivity contribution in [3.05, 3.63) is 34.1 Å². The lowest BCUT2D eigenvalue weighted by Gasteiger charge is -2.31. The average molecular weight is 343 g/mol. The monoisotopic (exact) mass is 342 g/mol. The maximum atomic E-state index is 13.4. The number of likely N-dealkylation sites (tertiary alicyclic amines) is 1. The van der Waals surface area contributed by atoms with Gasteiger partial charge in [0.05, 0.1) is 10.0 Å². The third kappa shape index (κ3) is 3.79. The van der Waals surface area contributed by atoms with E-state index in [0.29, 0.717) is 18.0 Å². The maximum Gasteiger partial charge on any atom is 0.252 e. The van der Waals surface area contributed by atoms with E-state index in [0.717, 1.165) is 32.5 Å². The number of nitrogens with one attached hydrogen (secondary N) is 1. The molecule has 1 fully saturated rings. The van der Waals surface area contributed by atoms with Crippen LogP contribution in [0, 0.1) is 11.7 Å².